The number of nitriles is 1. The number of rotatable bonds is 4. The number of nitrogens with zero attached hydrogens (tertiary/aromatic N) is 3. The summed E-state index contributed by atoms with van der Waals surface area (Å²) < 4.78 is 0. The van der Waals surface area contributed by atoms with Crippen LogP contribution >= 0.6 is 11.8 Å². The quantitative estimate of drug-likeness (QED) is 0.683. The number of aromatic nitrogens is 2. The molecule has 1 aromatic heterocycles. The van der Waals surface area contributed by atoms with Crippen LogP contribution in [0.5, 0.6) is 0 Å². The summed E-state index contributed by atoms with van der Waals surface area (Å²) in [5.74, 6) is 1.39. The zero-order valence-corrected chi connectivity index (χ0v) is 14.4. The molecule has 2 aliphatic rings. The molecule has 5 heteroatoms. The minimum Gasteiger partial charge on any atom is -0.366 e. The van der Waals surface area contributed by atoms with Crippen LogP contribution in [-0.4, -0.2) is 21.8 Å². The van der Waals surface area contributed by atoms with Crippen LogP contribution < -0.4 is 5.32 Å². The van der Waals surface area contributed by atoms with Crippen LogP contribution in [0.2, 0.25) is 0 Å². The maximum absolute atomic E-state index is 8.82. The molecule has 1 heterocycles. The van der Waals surface area contributed by atoms with Crippen LogP contribution in [0.3, 0.4) is 0 Å². The van der Waals surface area contributed by atoms with E-state index >= 15 is 0 Å². The Bertz CT molecular complexity index is 771. The Morgan fingerprint density at radius 2 is 1.88 bits per heavy atom. The second-order valence-electron chi connectivity index (χ2n) is 6.45. The van der Waals surface area contributed by atoms with Crippen molar-refractivity contribution in [3.63, 3.8) is 0 Å². The first-order valence-corrected chi connectivity index (χ1v) is 9.55. The molecule has 0 unspecified atom stereocenters. The minimum absolute atomic E-state index is 0.396. The van der Waals surface area contributed by atoms with Crippen molar-refractivity contribution in [3.05, 3.63) is 46.6 Å². The summed E-state index contributed by atoms with van der Waals surface area (Å²) >= 11 is 1.43. The van der Waals surface area contributed by atoms with Crippen molar-refractivity contribution in [3.8, 4) is 6.07 Å². The summed E-state index contributed by atoms with van der Waals surface area (Å²) in [5.41, 5.74) is 5.35. The second-order valence-corrected chi connectivity index (χ2v) is 7.39. The van der Waals surface area contributed by atoms with Gasteiger partial charge in [0.15, 0.2) is 5.16 Å². The summed E-state index contributed by atoms with van der Waals surface area (Å²) in [6, 6.07) is 11.2. The summed E-state index contributed by atoms with van der Waals surface area (Å²) in [5, 5.41) is 13.2. The van der Waals surface area contributed by atoms with Crippen molar-refractivity contribution in [2.45, 2.75) is 49.7 Å². The molecule has 122 valence electrons. The Balaban J connectivity index is 1.59. The lowest BCUT2D eigenvalue weighted by Gasteiger charge is -2.22. The average Bonchev–Trinajstić information content (AvgIpc) is 3.02. The van der Waals surface area contributed by atoms with Gasteiger partial charge in [0.2, 0.25) is 0 Å². The standard InChI is InChI=1S/C19H20N4S/c20-9-10-24-19-22-17-8-4-3-7-16(17)18(23-19)21-15-11-13-5-1-2-6-14(13)12-15/h1-2,5-6,15H,3-4,7-8,10-12H2,(H,21,22,23). The topological polar surface area (TPSA) is 61.6 Å². The van der Waals surface area contributed by atoms with E-state index in [4.69, 9.17) is 10.2 Å². The SMILES string of the molecule is N#CCSc1nc2c(c(NC3Cc4ccccc4C3)n1)CCCC2. The third kappa shape index (κ3) is 3.11. The van der Waals surface area contributed by atoms with E-state index in [-0.39, 0.29) is 0 Å². The summed E-state index contributed by atoms with van der Waals surface area (Å²) in [6.45, 7) is 0. The van der Waals surface area contributed by atoms with Crippen molar-refractivity contribution in [1.82, 2.24) is 9.97 Å². The molecule has 0 saturated heterocycles. The van der Waals surface area contributed by atoms with Crippen LogP contribution in [0.15, 0.2) is 29.4 Å². The largest absolute Gasteiger partial charge is 0.366 e. The molecule has 4 nitrogen and oxygen atoms in total. The Hall–Kier alpha value is -2.06. The van der Waals surface area contributed by atoms with Gasteiger partial charge in [-0.05, 0) is 49.7 Å². The Labute approximate surface area is 146 Å². The molecule has 0 spiro atoms. The van der Waals surface area contributed by atoms with E-state index in [1.54, 1.807) is 0 Å². The molecule has 24 heavy (non-hydrogen) atoms. The zero-order chi connectivity index (χ0) is 16.4. The highest BCUT2D eigenvalue weighted by Gasteiger charge is 2.24. The smallest absolute Gasteiger partial charge is 0.190 e. The van der Waals surface area contributed by atoms with Gasteiger partial charge in [-0.2, -0.15) is 5.26 Å². The monoisotopic (exact) mass is 336 g/mol. The lowest BCUT2D eigenvalue weighted by atomic mass is 9.96. The summed E-state index contributed by atoms with van der Waals surface area (Å²) in [7, 11) is 0. The van der Waals surface area contributed by atoms with E-state index in [0.29, 0.717) is 11.8 Å². The molecule has 0 radical (unpaired) electrons. The van der Waals surface area contributed by atoms with Gasteiger partial charge in [-0.3, -0.25) is 0 Å². The van der Waals surface area contributed by atoms with Crippen molar-refractivity contribution in [2.75, 3.05) is 11.1 Å². The highest BCUT2D eigenvalue weighted by atomic mass is 32.2. The van der Waals surface area contributed by atoms with Crippen molar-refractivity contribution in [1.29, 1.82) is 5.26 Å². The van der Waals surface area contributed by atoms with E-state index in [2.05, 4.69) is 40.6 Å². The predicted octanol–water partition coefficient (Wildman–Crippen LogP) is 3.55. The van der Waals surface area contributed by atoms with Crippen LogP contribution in [0.1, 0.15) is 35.2 Å². The zero-order valence-electron chi connectivity index (χ0n) is 13.6. The number of hydrogen-bond acceptors (Lipinski definition) is 5. The van der Waals surface area contributed by atoms with Gasteiger partial charge >= 0.3 is 0 Å². The summed E-state index contributed by atoms with van der Waals surface area (Å²) in [6.07, 6.45) is 6.59. The number of benzene rings is 1. The number of thioether (sulfide) groups is 1. The fourth-order valence-electron chi connectivity index (χ4n) is 3.71. The minimum atomic E-state index is 0.396. The molecule has 0 bridgehead atoms. The van der Waals surface area contributed by atoms with Crippen LogP contribution in [0, 0.1) is 11.3 Å². The molecule has 4 rings (SSSR count). The summed E-state index contributed by atoms with van der Waals surface area (Å²) in [4.78, 5) is 9.43. The van der Waals surface area contributed by atoms with E-state index in [0.717, 1.165) is 36.7 Å². The molecule has 0 aliphatic heterocycles. The van der Waals surface area contributed by atoms with E-state index < -0.39 is 0 Å². The number of hydrogen-bond donors (Lipinski definition) is 1. The maximum atomic E-state index is 8.82. The first-order valence-electron chi connectivity index (χ1n) is 8.56. The number of aryl methyl sites for hydroxylation is 1. The molecule has 1 N–H and O–H groups in total. The van der Waals surface area contributed by atoms with Gasteiger partial charge in [0.1, 0.15) is 5.82 Å². The highest BCUT2D eigenvalue weighted by Crippen LogP contribution is 2.30. The number of nitrogens with one attached hydrogen (secondary N) is 1. The predicted molar refractivity (Wildman–Crippen MR) is 96.3 cm³/mol. The van der Waals surface area contributed by atoms with Gasteiger partial charge in [0.25, 0.3) is 0 Å². The molecule has 0 fully saturated rings. The van der Waals surface area contributed by atoms with Crippen molar-refractivity contribution in [2.24, 2.45) is 0 Å². The average molecular weight is 336 g/mol. The van der Waals surface area contributed by atoms with E-state index in [9.17, 15) is 0 Å². The van der Waals surface area contributed by atoms with Gasteiger partial charge < -0.3 is 5.32 Å². The number of anilines is 1. The van der Waals surface area contributed by atoms with Gasteiger partial charge in [-0.15, -0.1) is 0 Å². The first-order chi connectivity index (χ1) is 11.8. The third-order valence-corrected chi connectivity index (χ3v) is 5.53. The van der Waals surface area contributed by atoms with Gasteiger partial charge in [0, 0.05) is 11.6 Å². The molecule has 2 aromatic rings. The normalized spacial score (nSPS) is 16.3. The van der Waals surface area contributed by atoms with Crippen LogP contribution in [0.4, 0.5) is 5.82 Å². The molecule has 0 amide bonds. The molecule has 2 aliphatic carbocycles. The Kier molecular flexibility index (Phi) is 4.40. The lowest BCUT2D eigenvalue weighted by molar-refractivity contribution is 0.646. The fraction of sp³-hybridized carbons (Fsp3) is 0.421. The van der Waals surface area contributed by atoms with Crippen molar-refractivity contribution < 1.29 is 0 Å². The highest BCUT2D eigenvalue weighted by molar-refractivity contribution is 7.99. The molecular formula is C19H20N4S. The van der Waals surface area contributed by atoms with Gasteiger partial charge in [0.05, 0.1) is 17.5 Å². The van der Waals surface area contributed by atoms with Crippen LogP contribution in [-0.2, 0) is 25.7 Å². The first kappa shape index (κ1) is 15.5. The molecule has 0 saturated carbocycles. The molecular weight excluding hydrogens is 316 g/mol. The third-order valence-electron chi connectivity index (χ3n) is 4.82. The second kappa shape index (κ2) is 6.82. The molecule has 1 aromatic carbocycles. The van der Waals surface area contributed by atoms with Gasteiger partial charge in [-0.25, -0.2) is 9.97 Å². The Morgan fingerprint density at radius 3 is 2.62 bits per heavy atom. The van der Waals surface area contributed by atoms with E-state index in [1.807, 2.05) is 0 Å². The number of fused-ring (bicyclic) bond motifs is 2. The van der Waals surface area contributed by atoms with Crippen molar-refractivity contribution >= 4 is 17.6 Å². The molecule has 0 atom stereocenters. The fourth-order valence-corrected chi connectivity index (χ4v) is 4.23. The lowest BCUT2D eigenvalue weighted by Crippen LogP contribution is -2.23. The van der Waals surface area contributed by atoms with E-state index in [1.165, 1.54) is 47.0 Å². The Morgan fingerprint density at radius 1 is 1.12 bits per heavy atom. The maximum Gasteiger partial charge on any atom is 0.190 e. The van der Waals surface area contributed by atoms with Gasteiger partial charge in [-0.1, -0.05) is 36.0 Å². The van der Waals surface area contributed by atoms with Crippen LogP contribution in [0.25, 0.3) is 0 Å².